The van der Waals surface area contributed by atoms with Gasteiger partial charge in [-0.25, -0.2) is 4.98 Å². The molecule has 7 heteroatoms. The summed E-state index contributed by atoms with van der Waals surface area (Å²) in [5.41, 5.74) is 8.01. The van der Waals surface area contributed by atoms with Crippen LogP contribution in [0.15, 0.2) is 43.1 Å². The Morgan fingerprint density at radius 1 is 0.966 bits per heavy atom. The molecule has 7 nitrogen and oxygen atoms in total. The molecule has 0 unspecified atom stereocenters. The second-order valence-electron chi connectivity index (χ2n) is 7.62. The van der Waals surface area contributed by atoms with Gasteiger partial charge in [-0.3, -0.25) is 10.1 Å². The number of H-pyrrole nitrogens is 2. The number of hydrogen-bond acceptors (Lipinski definition) is 4. The van der Waals surface area contributed by atoms with Crippen LogP contribution in [0.3, 0.4) is 0 Å². The summed E-state index contributed by atoms with van der Waals surface area (Å²) in [5, 5.41) is 17.5. The highest BCUT2D eigenvalue weighted by atomic mass is 15.2. The minimum Gasteiger partial charge on any atom is -0.282 e. The molecular formula is C22H20N7+. The summed E-state index contributed by atoms with van der Waals surface area (Å²) >= 11 is 0. The molecule has 0 radical (unpaired) electrons. The van der Waals surface area contributed by atoms with Crippen molar-refractivity contribution in [2.45, 2.75) is 32.6 Å². The normalized spacial score (nSPS) is 13.8. The number of nitrogens with zero attached hydrogens (tertiary/aromatic N) is 5. The molecule has 2 N–H and O–H groups in total. The van der Waals surface area contributed by atoms with Crippen molar-refractivity contribution >= 4 is 21.8 Å². The zero-order chi connectivity index (χ0) is 19.4. The lowest BCUT2D eigenvalue weighted by atomic mass is 9.85. The molecule has 0 aliphatic heterocycles. The highest BCUT2D eigenvalue weighted by molar-refractivity contribution is 6.10. The second-order valence-corrected chi connectivity index (χ2v) is 7.62. The Balaban J connectivity index is 1.74. The van der Waals surface area contributed by atoms with Crippen molar-refractivity contribution in [3.63, 3.8) is 0 Å². The van der Waals surface area contributed by atoms with Crippen molar-refractivity contribution in [3.8, 4) is 17.1 Å². The van der Waals surface area contributed by atoms with Gasteiger partial charge >= 0.3 is 5.82 Å². The fraction of sp³-hybridized carbons (Fsp3) is 0.227. The molecule has 0 fully saturated rings. The van der Waals surface area contributed by atoms with E-state index in [-0.39, 0.29) is 0 Å². The smallest absolute Gasteiger partial charge is 0.282 e. The van der Waals surface area contributed by atoms with Gasteiger partial charge in [0.15, 0.2) is 0 Å². The molecule has 6 rings (SSSR count). The first-order valence-corrected chi connectivity index (χ1v) is 9.96. The maximum absolute atomic E-state index is 5.13. The Labute approximate surface area is 166 Å². The van der Waals surface area contributed by atoms with Gasteiger partial charge in [0.2, 0.25) is 0 Å². The molecule has 0 saturated carbocycles. The zero-order valence-electron chi connectivity index (χ0n) is 16.1. The van der Waals surface area contributed by atoms with E-state index in [0.717, 1.165) is 52.0 Å². The summed E-state index contributed by atoms with van der Waals surface area (Å²) in [4.78, 5) is 9.27. The van der Waals surface area contributed by atoms with Crippen LogP contribution in [0.1, 0.15) is 29.7 Å². The molecule has 29 heavy (non-hydrogen) atoms. The lowest BCUT2D eigenvalue weighted by Gasteiger charge is -2.21. The quantitative estimate of drug-likeness (QED) is 0.458. The third kappa shape index (κ3) is 2.40. The van der Waals surface area contributed by atoms with Crippen LogP contribution in [-0.2, 0) is 12.8 Å². The number of nitrogens with one attached hydrogen (secondary N) is 2. The van der Waals surface area contributed by atoms with E-state index in [1.165, 1.54) is 29.4 Å². The molecule has 1 aliphatic carbocycles. The molecule has 4 aromatic heterocycles. The van der Waals surface area contributed by atoms with Crippen LogP contribution in [0.4, 0.5) is 0 Å². The third-order valence-electron chi connectivity index (χ3n) is 5.93. The third-order valence-corrected chi connectivity index (χ3v) is 5.93. The standard InChI is InChI=1S/C22H19N7/c1-13-16(12-24-26-13)21-15-5-3-2-4-14(15)19-17(25-21)6-7-18-20(19)22(28-27-18)29-10-8-23-9-11-29/h6-12,23H,2-5H2,1H3/p+1. The first kappa shape index (κ1) is 16.4. The monoisotopic (exact) mass is 382 g/mol. The number of aryl methyl sites for hydroxylation is 2. The average molecular weight is 382 g/mol. The summed E-state index contributed by atoms with van der Waals surface area (Å²) in [7, 11) is 0. The molecule has 0 bridgehead atoms. The van der Waals surface area contributed by atoms with Gasteiger partial charge in [0, 0.05) is 16.6 Å². The molecule has 1 aliphatic rings. The van der Waals surface area contributed by atoms with Crippen LogP contribution >= 0.6 is 0 Å². The van der Waals surface area contributed by atoms with Crippen LogP contribution in [0.2, 0.25) is 0 Å². The van der Waals surface area contributed by atoms with E-state index >= 15 is 0 Å². The molecule has 0 spiro atoms. The van der Waals surface area contributed by atoms with E-state index in [1.54, 1.807) is 12.4 Å². The van der Waals surface area contributed by atoms with Gasteiger partial charge in [0.25, 0.3) is 0 Å². The van der Waals surface area contributed by atoms with Crippen LogP contribution in [0.25, 0.3) is 38.9 Å². The fourth-order valence-corrected chi connectivity index (χ4v) is 4.58. The van der Waals surface area contributed by atoms with E-state index in [9.17, 15) is 0 Å². The van der Waals surface area contributed by atoms with E-state index in [0.29, 0.717) is 0 Å². The second kappa shape index (κ2) is 6.20. The van der Waals surface area contributed by atoms with E-state index in [2.05, 4.69) is 44.4 Å². The molecule has 0 atom stereocenters. The Bertz CT molecular complexity index is 1360. The topological polar surface area (TPSA) is 87.0 Å². The Kier molecular flexibility index (Phi) is 3.50. The van der Waals surface area contributed by atoms with Crippen molar-refractivity contribution in [1.29, 1.82) is 0 Å². The molecule has 5 aromatic rings. The maximum Gasteiger partial charge on any atom is 0.362 e. The Hall–Kier alpha value is -3.61. The molecular weight excluding hydrogens is 362 g/mol. The number of aromatic nitrogens is 7. The number of fused-ring (bicyclic) bond motifs is 5. The summed E-state index contributed by atoms with van der Waals surface area (Å²) in [6, 6.07) is 4.18. The minimum atomic E-state index is 0.884. The minimum absolute atomic E-state index is 0.884. The van der Waals surface area contributed by atoms with Crippen molar-refractivity contribution in [2.75, 3.05) is 0 Å². The Morgan fingerprint density at radius 2 is 1.79 bits per heavy atom. The van der Waals surface area contributed by atoms with Crippen LogP contribution in [0, 0.1) is 6.92 Å². The number of aromatic amines is 2. The van der Waals surface area contributed by atoms with Crippen molar-refractivity contribution < 1.29 is 4.57 Å². The van der Waals surface area contributed by atoms with Crippen molar-refractivity contribution in [3.05, 3.63) is 59.9 Å². The van der Waals surface area contributed by atoms with Crippen molar-refractivity contribution in [1.82, 2.24) is 30.4 Å². The summed E-state index contributed by atoms with van der Waals surface area (Å²) in [6.45, 7) is 2.06. The fourth-order valence-electron chi connectivity index (χ4n) is 4.58. The molecule has 4 heterocycles. The summed E-state index contributed by atoms with van der Waals surface area (Å²) < 4.78 is 2.01. The Morgan fingerprint density at radius 3 is 2.59 bits per heavy atom. The molecule has 0 saturated heterocycles. The molecule has 0 amide bonds. The SMILES string of the molecule is Cc1[nH]ncc1-c1nc2ccc3[nH]nc(-[n+]4ccncc4)c3c2c2c1CCCC2. The first-order valence-electron chi connectivity index (χ1n) is 9.96. The maximum atomic E-state index is 5.13. The number of hydrogen-bond donors (Lipinski definition) is 2. The predicted octanol–water partition coefficient (Wildman–Crippen LogP) is 3.36. The highest BCUT2D eigenvalue weighted by Gasteiger charge is 2.26. The van der Waals surface area contributed by atoms with Crippen LogP contribution in [0.5, 0.6) is 0 Å². The van der Waals surface area contributed by atoms with Gasteiger partial charge in [-0.05, 0) is 55.9 Å². The number of rotatable bonds is 2. The van der Waals surface area contributed by atoms with Gasteiger partial charge < -0.3 is 0 Å². The molecule has 142 valence electrons. The van der Waals surface area contributed by atoms with Gasteiger partial charge in [0.1, 0.15) is 17.8 Å². The number of benzene rings is 1. The number of pyridine rings is 1. The van der Waals surface area contributed by atoms with Crippen molar-refractivity contribution in [2.24, 2.45) is 0 Å². The summed E-state index contributed by atoms with van der Waals surface area (Å²) in [5.74, 6) is 0.884. The zero-order valence-corrected chi connectivity index (χ0v) is 16.1. The van der Waals surface area contributed by atoms with Gasteiger partial charge in [-0.2, -0.15) is 14.8 Å². The van der Waals surface area contributed by atoms with Gasteiger partial charge in [-0.1, -0.05) is 0 Å². The molecule has 1 aromatic carbocycles. The first-order chi connectivity index (χ1) is 14.3. The van der Waals surface area contributed by atoms with E-state index in [4.69, 9.17) is 4.98 Å². The lowest BCUT2D eigenvalue weighted by Crippen LogP contribution is -2.30. The van der Waals surface area contributed by atoms with Gasteiger partial charge in [-0.15, -0.1) is 0 Å². The predicted molar refractivity (Wildman–Crippen MR) is 110 cm³/mol. The largest absolute Gasteiger partial charge is 0.362 e. The van der Waals surface area contributed by atoms with Crippen LogP contribution < -0.4 is 4.57 Å². The summed E-state index contributed by atoms with van der Waals surface area (Å²) in [6.07, 6.45) is 13.8. The average Bonchev–Trinajstić information content (AvgIpc) is 3.39. The van der Waals surface area contributed by atoms with E-state index < -0.39 is 0 Å². The van der Waals surface area contributed by atoms with Crippen LogP contribution in [-0.4, -0.2) is 30.4 Å². The lowest BCUT2D eigenvalue weighted by molar-refractivity contribution is -0.598. The highest BCUT2D eigenvalue weighted by Crippen LogP contribution is 2.39. The van der Waals surface area contributed by atoms with Gasteiger partial charge in [0.05, 0.1) is 40.4 Å². The van der Waals surface area contributed by atoms with E-state index in [1.807, 2.05) is 23.2 Å².